The highest BCUT2D eigenvalue weighted by Crippen LogP contribution is 2.40. The molecule has 0 aromatic carbocycles. The van der Waals surface area contributed by atoms with E-state index in [0.29, 0.717) is 5.69 Å². The molecule has 0 amide bonds. The molecule has 0 bridgehead atoms. The first-order chi connectivity index (χ1) is 8.67. The Kier molecular flexibility index (Phi) is 4.11. The van der Waals surface area contributed by atoms with Gasteiger partial charge in [-0.05, 0) is 31.2 Å². The lowest BCUT2D eigenvalue weighted by molar-refractivity contribution is 0.0691. The molecule has 4 nitrogen and oxygen atoms in total. The highest BCUT2D eigenvalue weighted by atomic mass is 32.2. The van der Waals surface area contributed by atoms with Crippen LogP contribution in [0.4, 0.5) is 5.69 Å². The van der Waals surface area contributed by atoms with Gasteiger partial charge in [0.05, 0.1) is 5.69 Å². The average molecular weight is 266 g/mol. The van der Waals surface area contributed by atoms with E-state index in [1.54, 1.807) is 12.1 Å². The summed E-state index contributed by atoms with van der Waals surface area (Å²) in [6, 6.07) is 3.54. The molecule has 1 aliphatic rings. The second kappa shape index (κ2) is 5.61. The van der Waals surface area contributed by atoms with Crippen molar-refractivity contribution in [3.8, 4) is 0 Å². The molecule has 18 heavy (non-hydrogen) atoms. The van der Waals surface area contributed by atoms with Crippen LogP contribution in [0.3, 0.4) is 0 Å². The Hall–Kier alpha value is -1.23. The van der Waals surface area contributed by atoms with Crippen LogP contribution in [0, 0.1) is 0 Å². The molecule has 1 heterocycles. The number of hydrogen-bond donors (Lipinski definition) is 2. The molecular formula is C13H18N2O2S. The van der Waals surface area contributed by atoms with Gasteiger partial charge in [0.1, 0.15) is 0 Å². The number of rotatable bonds is 5. The van der Waals surface area contributed by atoms with Gasteiger partial charge in [0.15, 0.2) is 5.69 Å². The minimum Gasteiger partial charge on any atom is -0.476 e. The number of carbonyl (C=O) groups is 1. The maximum Gasteiger partial charge on any atom is 0.356 e. The summed E-state index contributed by atoms with van der Waals surface area (Å²) in [5.41, 5.74) is 0.720. The lowest BCUT2D eigenvalue weighted by Crippen LogP contribution is -2.30. The van der Waals surface area contributed by atoms with E-state index in [1.165, 1.54) is 31.9 Å². The molecule has 0 aliphatic heterocycles. The van der Waals surface area contributed by atoms with E-state index < -0.39 is 5.97 Å². The molecule has 0 atom stereocenters. The first kappa shape index (κ1) is 13.2. The Morgan fingerprint density at radius 2 is 2.28 bits per heavy atom. The van der Waals surface area contributed by atoms with E-state index in [2.05, 4.69) is 16.6 Å². The second-order valence-corrected chi connectivity index (χ2v) is 5.93. The van der Waals surface area contributed by atoms with E-state index in [4.69, 9.17) is 5.11 Å². The SMILES string of the molecule is CSC1(CNc2cccnc2C(=O)O)CCCC1. The standard InChI is InChI=1S/C13H18N2O2S/c1-18-13(6-2-3-7-13)9-15-10-5-4-8-14-11(10)12(16)17/h4-5,8,15H,2-3,6-7,9H2,1H3,(H,16,17). The fourth-order valence-corrected chi connectivity index (χ4v) is 3.36. The predicted octanol–water partition coefficient (Wildman–Crippen LogP) is 2.87. The third-order valence-electron chi connectivity index (χ3n) is 3.56. The minimum absolute atomic E-state index is 0.103. The van der Waals surface area contributed by atoms with Crippen molar-refractivity contribution in [3.63, 3.8) is 0 Å². The molecule has 98 valence electrons. The van der Waals surface area contributed by atoms with Crippen LogP contribution in [0.25, 0.3) is 0 Å². The third-order valence-corrected chi connectivity index (χ3v) is 4.98. The summed E-state index contributed by atoms with van der Waals surface area (Å²) in [5.74, 6) is -0.984. The van der Waals surface area contributed by atoms with E-state index in [-0.39, 0.29) is 10.4 Å². The van der Waals surface area contributed by atoms with Crippen molar-refractivity contribution >= 4 is 23.4 Å². The molecule has 1 aromatic heterocycles. The lowest BCUT2D eigenvalue weighted by atomic mass is 10.1. The Bertz CT molecular complexity index is 431. The summed E-state index contributed by atoms with van der Waals surface area (Å²) >= 11 is 1.88. The fraction of sp³-hybridized carbons (Fsp3) is 0.538. The highest BCUT2D eigenvalue weighted by Gasteiger charge is 2.32. The van der Waals surface area contributed by atoms with Crippen molar-refractivity contribution in [1.82, 2.24) is 4.98 Å². The molecule has 0 radical (unpaired) electrons. The summed E-state index contributed by atoms with van der Waals surface area (Å²) in [7, 11) is 0. The molecule has 1 fully saturated rings. The highest BCUT2D eigenvalue weighted by molar-refractivity contribution is 8.00. The van der Waals surface area contributed by atoms with Gasteiger partial charge in [0, 0.05) is 17.5 Å². The number of carboxylic acid groups (broad SMARTS) is 1. The number of aromatic carboxylic acids is 1. The zero-order chi connectivity index (χ0) is 13.0. The van der Waals surface area contributed by atoms with Gasteiger partial charge in [-0.15, -0.1) is 0 Å². The normalized spacial score (nSPS) is 17.6. The molecule has 2 N–H and O–H groups in total. The van der Waals surface area contributed by atoms with Crippen LogP contribution in [0.1, 0.15) is 36.2 Å². The van der Waals surface area contributed by atoms with Gasteiger partial charge >= 0.3 is 5.97 Å². The van der Waals surface area contributed by atoms with Gasteiger partial charge in [-0.25, -0.2) is 9.78 Å². The molecule has 0 saturated heterocycles. The Morgan fingerprint density at radius 1 is 1.56 bits per heavy atom. The Labute approximate surface area is 111 Å². The summed E-state index contributed by atoms with van der Waals surface area (Å²) in [6.45, 7) is 0.806. The van der Waals surface area contributed by atoms with Gasteiger partial charge in [-0.3, -0.25) is 0 Å². The smallest absolute Gasteiger partial charge is 0.356 e. The number of hydrogen-bond acceptors (Lipinski definition) is 4. The van der Waals surface area contributed by atoms with Gasteiger partial charge in [-0.1, -0.05) is 12.8 Å². The van der Waals surface area contributed by atoms with E-state index in [9.17, 15) is 4.79 Å². The first-order valence-corrected chi connectivity index (χ1v) is 7.37. The van der Waals surface area contributed by atoms with Gasteiger partial charge < -0.3 is 10.4 Å². The Morgan fingerprint density at radius 3 is 2.89 bits per heavy atom. The topological polar surface area (TPSA) is 62.2 Å². The second-order valence-electron chi connectivity index (χ2n) is 4.65. The number of pyridine rings is 1. The largest absolute Gasteiger partial charge is 0.476 e. The van der Waals surface area contributed by atoms with Crippen LogP contribution in [-0.2, 0) is 0 Å². The van der Waals surface area contributed by atoms with Crippen molar-refractivity contribution in [3.05, 3.63) is 24.0 Å². The molecule has 1 saturated carbocycles. The monoisotopic (exact) mass is 266 g/mol. The average Bonchev–Trinajstić information content (AvgIpc) is 2.86. The molecule has 0 spiro atoms. The van der Waals surface area contributed by atoms with Crippen molar-refractivity contribution in [1.29, 1.82) is 0 Å². The van der Waals surface area contributed by atoms with Crippen LogP contribution in [0.2, 0.25) is 0 Å². The summed E-state index contributed by atoms with van der Waals surface area (Å²) in [6.07, 6.45) is 8.57. The van der Waals surface area contributed by atoms with Gasteiger partial charge in [0.25, 0.3) is 0 Å². The molecule has 1 aromatic rings. The van der Waals surface area contributed by atoms with Crippen LogP contribution in [-0.4, -0.2) is 33.6 Å². The quantitative estimate of drug-likeness (QED) is 0.858. The van der Waals surface area contributed by atoms with E-state index >= 15 is 0 Å². The van der Waals surface area contributed by atoms with Crippen molar-refractivity contribution in [2.45, 2.75) is 30.4 Å². The molecular weight excluding hydrogens is 248 g/mol. The summed E-state index contributed by atoms with van der Waals surface area (Å²) in [4.78, 5) is 15.0. The first-order valence-electron chi connectivity index (χ1n) is 6.14. The zero-order valence-electron chi connectivity index (χ0n) is 10.5. The number of nitrogens with zero attached hydrogens (tertiary/aromatic N) is 1. The van der Waals surface area contributed by atoms with E-state index in [1.807, 2.05) is 11.8 Å². The maximum absolute atomic E-state index is 11.1. The summed E-state index contributed by atoms with van der Waals surface area (Å²) < 4.78 is 0.256. The molecule has 5 heteroatoms. The van der Waals surface area contributed by atoms with Gasteiger partial charge in [0.2, 0.25) is 0 Å². The number of aromatic nitrogens is 1. The maximum atomic E-state index is 11.1. The number of anilines is 1. The molecule has 2 rings (SSSR count). The molecule has 0 unspecified atom stereocenters. The van der Waals surface area contributed by atoms with Crippen LogP contribution < -0.4 is 5.32 Å². The Balaban J connectivity index is 2.08. The van der Waals surface area contributed by atoms with Crippen molar-refractivity contribution in [2.75, 3.05) is 18.1 Å². The van der Waals surface area contributed by atoms with Crippen LogP contribution >= 0.6 is 11.8 Å². The molecule has 1 aliphatic carbocycles. The zero-order valence-corrected chi connectivity index (χ0v) is 11.3. The fourth-order valence-electron chi connectivity index (χ4n) is 2.45. The van der Waals surface area contributed by atoms with E-state index in [0.717, 1.165) is 6.54 Å². The van der Waals surface area contributed by atoms with Crippen molar-refractivity contribution < 1.29 is 9.90 Å². The van der Waals surface area contributed by atoms with Crippen molar-refractivity contribution in [2.24, 2.45) is 0 Å². The van der Waals surface area contributed by atoms with Crippen LogP contribution in [0.5, 0.6) is 0 Å². The minimum atomic E-state index is -0.984. The number of thioether (sulfide) groups is 1. The lowest BCUT2D eigenvalue weighted by Gasteiger charge is -2.27. The third kappa shape index (κ3) is 2.77. The van der Waals surface area contributed by atoms with Gasteiger partial charge in [-0.2, -0.15) is 11.8 Å². The number of nitrogens with one attached hydrogen (secondary N) is 1. The number of carboxylic acids is 1. The summed E-state index contributed by atoms with van der Waals surface area (Å²) in [5, 5.41) is 12.3. The van der Waals surface area contributed by atoms with Crippen LogP contribution in [0.15, 0.2) is 18.3 Å². The predicted molar refractivity (Wildman–Crippen MR) is 74.4 cm³/mol.